The van der Waals surface area contributed by atoms with E-state index in [0.29, 0.717) is 5.71 Å². The number of rotatable bonds is 7. The summed E-state index contributed by atoms with van der Waals surface area (Å²) in [7, 11) is 1.16. The number of nitrogens with zero attached hydrogens (tertiary/aromatic N) is 3. The van der Waals surface area contributed by atoms with Gasteiger partial charge in [-0.05, 0) is 19.4 Å². The molecule has 1 aromatic carbocycles. The molecule has 3 aliphatic rings. The lowest BCUT2D eigenvalue weighted by atomic mass is 9.71. The number of fused-ring (bicyclic) bond motifs is 1. The molecule has 2 unspecified atom stereocenters. The van der Waals surface area contributed by atoms with Crippen LogP contribution in [-0.2, 0) is 28.6 Å². The normalized spacial score (nSPS) is 31.4. The van der Waals surface area contributed by atoms with E-state index in [-0.39, 0.29) is 29.1 Å². The van der Waals surface area contributed by atoms with Crippen LogP contribution in [0.3, 0.4) is 0 Å². The number of non-ortho nitro benzene ring substituents is 1. The number of hydrogen-bond donors (Lipinski definition) is 1. The fraction of sp³-hybridized carbons (Fsp3) is 0.500. The lowest BCUT2D eigenvalue weighted by Gasteiger charge is -2.35. The molecule has 2 fully saturated rings. The first-order valence-corrected chi connectivity index (χ1v) is 10.9. The zero-order chi connectivity index (χ0) is 26.4. The Morgan fingerprint density at radius 3 is 2.58 bits per heavy atom. The molecule has 6 atom stereocenters. The van der Waals surface area contributed by atoms with Gasteiger partial charge in [0.05, 0.1) is 25.2 Å². The number of ketones is 1. The SMILES string of the molecule is COC(=O)C1C(C)=NC(C)=C(C(=O)[C@@]2(O)CO[C@@H]3[C@@H](O[N+](=O)[O-])CO[C@@H]32)C1c1cccc([N+](=O)[O-])c1. The molecule has 14 heteroatoms. The van der Waals surface area contributed by atoms with E-state index >= 15 is 0 Å². The second-order valence-corrected chi connectivity index (χ2v) is 8.73. The van der Waals surface area contributed by atoms with Crippen molar-refractivity contribution >= 4 is 23.2 Å². The number of methoxy groups -OCH3 is 1. The van der Waals surface area contributed by atoms with Crippen LogP contribution < -0.4 is 0 Å². The van der Waals surface area contributed by atoms with Crippen molar-refractivity contribution in [1.82, 2.24) is 0 Å². The van der Waals surface area contributed by atoms with Gasteiger partial charge in [0.25, 0.3) is 10.8 Å². The zero-order valence-electron chi connectivity index (χ0n) is 19.5. The van der Waals surface area contributed by atoms with Gasteiger partial charge in [-0.1, -0.05) is 12.1 Å². The molecule has 4 rings (SSSR count). The van der Waals surface area contributed by atoms with Crippen molar-refractivity contribution in [3.05, 3.63) is 61.3 Å². The largest absolute Gasteiger partial charge is 0.468 e. The topological polar surface area (TPSA) is 190 Å². The third-order valence-electron chi connectivity index (χ3n) is 6.65. The first-order valence-electron chi connectivity index (χ1n) is 10.9. The van der Waals surface area contributed by atoms with Crippen molar-refractivity contribution in [2.75, 3.05) is 20.3 Å². The van der Waals surface area contributed by atoms with E-state index in [9.17, 15) is 34.9 Å². The summed E-state index contributed by atoms with van der Waals surface area (Å²) in [5.74, 6) is -3.81. The lowest BCUT2D eigenvalue weighted by Crippen LogP contribution is -2.53. The summed E-state index contributed by atoms with van der Waals surface area (Å²) in [6.07, 6.45) is -3.53. The van der Waals surface area contributed by atoms with E-state index < -0.39 is 64.1 Å². The minimum atomic E-state index is -2.28. The number of esters is 1. The van der Waals surface area contributed by atoms with E-state index in [2.05, 4.69) is 9.83 Å². The monoisotopic (exact) mass is 505 g/mol. The number of aliphatic imine (C=N–C) groups is 1. The molecule has 36 heavy (non-hydrogen) atoms. The van der Waals surface area contributed by atoms with E-state index in [0.717, 1.165) is 7.11 Å². The van der Waals surface area contributed by atoms with Gasteiger partial charge in [-0.25, -0.2) is 0 Å². The van der Waals surface area contributed by atoms with Crippen LogP contribution in [0.4, 0.5) is 5.69 Å². The Balaban J connectivity index is 1.80. The van der Waals surface area contributed by atoms with Gasteiger partial charge in [0, 0.05) is 35.0 Å². The number of Topliss-reactive ketones (excluding diaryl/α,β-unsaturated/α-hetero) is 1. The number of ether oxygens (including phenoxy) is 3. The summed E-state index contributed by atoms with van der Waals surface area (Å²) in [6.45, 7) is 2.24. The molecule has 0 radical (unpaired) electrons. The van der Waals surface area contributed by atoms with Crippen molar-refractivity contribution < 1.29 is 43.8 Å². The Morgan fingerprint density at radius 2 is 1.94 bits per heavy atom. The van der Waals surface area contributed by atoms with Gasteiger partial charge < -0.3 is 24.2 Å². The number of nitro groups is 1. The first-order chi connectivity index (χ1) is 17.0. The number of carbonyl (C=O) groups is 2. The second kappa shape index (κ2) is 9.37. The van der Waals surface area contributed by atoms with Crippen molar-refractivity contribution in [3.63, 3.8) is 0 Å². The fourth-order valence-corrected chi connectivity index (χ4v) is 5.08. The molecule has 1 N–H and O–H groups in total. The smallest absolute Gasteiger partial charge is 0.315 e. The molecule has 14 nitrogen and oxygen atoms in total. The summed E-state index contributed by atoms with van der Waals surface area (Å²) in [5.41, 5.74) is -1.86. The van der Waals surface area contributed by atoms with E-state index in [1.165, 1.54) is 31.2 Å². The van der Waals surface area contributed by atoms with Gasteiger partial charge in [-0.15, -0.1) is 10.1 Å². The quantitative estimate of drug-likeness (QED) is 0.314. The lowest BCUT2D eigenvalue weighted by molar-refractivity contribution is -0.769. The van der Waals surface area contributed by atoms with Crippen LogP contribution in [0.2, 0.25) is 0 Å². The number of nitro benzene ring substituents is 1. The van der Waals surface area contributed by atoms with Crippen LogP contribution in [-0.4, -0.2) is 76.8 Å². The number of aliphatic hydroxyl groups is 1. The highest BCUT2D eigenvalue weighted by Crippen LogP contribution is 2.45. The molecule has 0 aromatic heterocycles. The van der Waals surface area contributed by atoms with Crippen LogP contribution in [0.1, 0.15) is 25.3 Å². The Labute approximate surface area is 203 Å². The molecule has 0 amide bonds. The number of hydrogen-bond acceptors (Lipinski definition) is 12. The minimum absolute atomic E-state index is 0.0782. The summed E-state index contributed by atoms with van der Waals surface area (Å²) < 4.78 is 15.9. The zero-order valence-corrected chi connectivity index (χ0v) is 19.5. The summed E-state index contributed by atoms with van der Waals surface area (Å²) in [6, 6.07) is 5.45. The van der Waals surface area contributed by atoms with Crippen LogP contribution in [0, 0.1) is 26.1 Å². The molecule has 0 saturated carbocycles. The average Bonchev–Trinajstić information content (AvgIpc) is 3.39. The van der Waals surface area contributed by atoms with Crippen molar-refractivity contribution in [2.24, 2.45) is 10.9 Å². The molecule has 0 bridgehead atoms. The molecule has 192 valence electrons. The molecule has 3 heterocycles. The Hall–Kier alpha value is -3.75. The van der Waals surface area contributed by atoms with Gasteiger partial charge in [0.2, 0.25) is 0 Å². The summed E-state index contributed by atoms with van der Waals surface area (Å²) in [4.78, 5) is 57.3. The highest BCUT2D eigenvalue weighted by Gasteiger charge is 2.62. The predicted molar refractivity (Wildman–Crippen MR) is 118 cm³/mol. The third kappa shape index (κ3) is 4.12. The maximum Gasteiger partial charge on any atom is 0.315 e. The number of carbonyl (C=O) groups excluding carboxylic acids is 2. The van der Waals surface area contributed by atoms with E-state index in [1.54, 1.807) is 6.92 Å². The van der Waals surface area contributed by atoms with Gasteiger partial charge >= 0.3 is 5.97 Å². The first kappa shape index (κ1) is 25.3. The maximum atomic E-state index is 14.0. The van der Waals surface area contributed by atoms with Crippen molar-refractivity contribution in [2.45, 2.75) is 43.7 Å². The Kier molecular flexibility index (Phi) is 6.60. The van der Waals surface area contributed by atoms with Crippen LogP contribution in [0.15, 0.2) is 40.5 Å². The molecule has 0 aliphatic carbocycles. The molecular formula is C22H23N3O11. The van der Waals surface area contributed by atoms with Gasteiger partial charge in [-0.2, -0.15) is 0 Å². The minimum Gasteiger partial charge on any atom is -0.468 e. The number of allylic oxidation sites excluding steroid dienone is 1. The molecule has 2 saturated heterocycles. The maximum absolute atomic E-state index is 14.0. The highest BCUT2D eigenvalue weighted by molar-refractivity contribution is 6.11. The second-order valence-electron chi connectivity index (χ2n) is 8.73. The van der Waals surface area contributed by atoms with Gasteiger partial charge in [0.1, 0.15) is 18.1 Å². The van der Waals surface area contributed by atoms with E-state index in [1.807, 2.05) is 0 Å². The molecule has 0 spiro atoms. The van der Waals surface area contributed by atoms with Crippen molar-refractivity contribution in [3.8, 4) is 0 Å². The van der Waals surface area contributed by atoms with Crippen LogP contribution in [0.5, 0.6) is 0 Å². The Bertz CT molecular complexity index is 1200. The molecule has 3 aliphatic heterocycles. The summed E-state index contributed by atoms with van der Waals surface area (Å²) >= 11 is 0. The average molecular weight is 505 g/mol. The summed E-state index contributed by atoms with van der Waals surface area (Å²) in [5, 5.41) is 32.7. The van der Waals surface area contributed by atoms with Gasteiger partial charge in [-0.3, -0.25) is 24.7 Å². The predicted octanol–water partition coefficient (Wildman–Crippen LogP) is 0.891. The van der Waals surface area contributed by atoms with E-state index in [4.69, 9.17) is 14.2 Å². The van der Waals surface area contributed by atoms with Crippen LogP contribution in [0.25, 0.3) is 0 Å². The molecular weight excluding hydrogens is 482 g/mol. The third-order valence-corrected chi connectivity index (χ3v) is 6.65. The standard InChI is InChI=1S/C22H23N3O11/c1-10-15(19(26)22(28)9-35-18-14(36-25(31)32)8-34-20(18)22)17(16(11(2)23-10)21(27)33-3)12-5-4-6-13(7-12)24(29)30/h4-7,14,16-18,20,28H,8-9H2,1-3H3/t14-,16?,17?,18+,20-,22-/m0/s1. The number of benzene rings is 1. The highest BCUT2D eigenvalue weighted by atomic mass is 17.0. The van der Waals surface area contributed by atoms with Crippen LogP contribution >= 0.6 is 0 Å². The Morgan fingerprint density at radius 1 is 1.22 bits per heavy atom. The fourth-order valence-electron chi connectivity index (χ4n) is 5.08. The molecule has 1 aromatic rings. The van der Waals surface area contributed by atoms with Gasteiger partial charge in [0.15, 0.2) is 17.5 Å². The van der Waals surface area contributed by atoms with Crippen molar-refractivity contribution in [1.29, 1.82) is 0 Å².